The van der Waals surface area contributed by atoms with E-state index < -0.39 is 10.0 Å². The maximum absolute atomic E-state index is 12.1. The van der Waals surface area contributed by atoms with Crippen molar-refractivity contribution in [2.24, 2.45) is 5.92 Å². The number of sulfonamides is 1. The molecule has 0 aromatic heterocycles. The Labute approximate surface area is 113 Å². The predicted octanol–water partition coefficient (Wildman–Crippen LogP) is 2.12. The lowest BCUT2D eigenvalue weighted by atomic mass is 10.0. The van der Waals surface area contributed by atoms with Crippen molar-refractivity contribution in [3.05, 3.63) is 0 Å². The molecule has 110 valence electrons. The lowest BCUT2D eigenvalue weighted by molar-refractivity contribution is 0.443. The monoisotopic (exact) mass is 278 g/mol. The Morgan fingerprint density at radius 3 is 2.22 bits per heavy atom. The second kappa shape index (κ2) is 8.88. The number of hydrogen-bond donors (Lipinski definition) is 2. The topological polar surface area (TPSA) is 58.2 Å². The van der Waals surface area contributed by atoms with Gasteiger partial charge in [-0.1, -0.05) is 27.2 Å². The molecule has 0 saturated heterocycles. The van der Waals surface area contributed by atoms with Crippen LogP contribution in [0.4, 0.5) is 0 Å². The molecule has 2 N–H and O–H groups in total. The van der Waals surface area contributed by atoms with Crippen molar-refractivity contribution >= 4 is 10.0 Å². The van der Waals surface area contributed by atoms with Crippen LogP contribution >= 0.6 is 0 Å². The second-order valence-electron chi connectivity index (χ2n) is 5.33. The fourth-order valence-corrected chi connectivity index (χ4v) is 3.03. The van der Waals surface area contributed by atoms with E-state index in [9.17, 15) is 8.42 Å². The van der Waals surface area contributed by atoms with Gasteiger partial charge in [-0.25, -0.2) is 13.1 Å². The van der Waals surface area contributed by atoms with Gasteiger partial charge in [-0.2, -0.15) is 0 Å². The van der Waals surface area contributed by atoms with E-state index in [4.69, 9.17) is 0 Å². The van der Waals surface area contributed by atoms with Crippen molar-refractivity contribution in [1.82, 2.24) is 10.0 Å². The lowest BCUT2D eigenvalue weighted by Gasteiger charge is -2.21. The third kappa shape index (κ3) is 7.34. The first-order valence-corrected chi connectivity index (χ1v) is 8.59. The van der Waals surface area contributed by atoms with E-state index in [1.807, 2.05) is 6.92 Å². The molecule has 18 heavy (non-hydrogen) atoms. The summed E-state index contributed by atoms with van der Waals surface area (Å²) in [7, 11) is -3.21. The Bertz CT molecular complexity index is 304. The standard InChI is InChI=1S/C13H30N2O2S/c1-6-8-14-10-13(5)18(16,17)15-12(4)9-11(3)7-2/h11-15H,6-10H2,1-5H3. The summed E-state index contributed by atoms with van der Waals surface area (Å²) >= 11 is 0. The van der Waals surface area contributed by atoms with Crippen LogP contribution in [0.1, 0.15) is 53.9 Å². The van der Waals surface area contributed by atoms with Gasteiger partial charge < -0.3 is 5.32 Å². The van der Waals surface area contributed by atoms with E-state index in [0.29, 0.717) is 12.5 Å². The van der Waals surface area contributed by atoms with Crippen molar-refractivity contribution in [1.29, 1.82) is 0 Å². The summed E-state index contributed by atoms with van der Waals surface area (Å²) in [5.41, 5.74) is 0. The zero-order valence-corrected chi connectivity index (χ0v) is 13.3. The van der Waals surface area contributed by atoms with Gasteiger partial charge in [0.05, 0.1) is 5.25 Å². The van der Waals surface area contributed by atoms with Crippen LogP contribution in [0.2, 0.25) is 0 Å². The summed E-state index contributed by atoms with van der Waals surface area (Å²) in [4.78, 5) is 0. The largest absolute Gasteiger partial charge is 0.315 e. The van der Waals surface area contributed by atoms with E-state index in [2.05, 4.69) is 30.8 Å². The van der Waals surface area contributed by atoms with Gasteiger partial charge in [0.15, 0.2) is 0 Å². The first-order chi connectivity index (χ1) is 8.33. The average molecular weight is 278 g/mol. The molecule has 3 unspecified atom stereocenters. The molecule has 3 atom stereocenters. The molecule has 0 aliphatic rings. The summed E-state index contributed by atoms with van der Waals surface area (Å²) in [5, 5.41) is 2.76. The van der Waals surface area contributed by atoms with Gasteiger partial charge in [0.2, 0.25) is 10.0 Å². The molecule has 0 heterocycles. The molecular formula is C13H30N2O2S. The summed E-state index contributed by atoms with van der Waals surface area (Å²) in [6, 6.07) is 0.0126. The second-order valence-corrected chi connectivity index (χ2v) is 7.46. The number of nitrogens with one attached hydrogen (secondary N) is 2. The molecule has 0 amide bonds. The molecule has 0 radical (unpaired) electrons. The Balaban J connectivity index is 4.19. The quantitative estimate of drug-likeness (QED) is 0.602. The highest BCUT2D eigenvalue weighted by Gasteiger charge is 2.22. The number of rotatable bonds is 10. The Kier molecular flexibility index (Phi) is 8.82. The number of hydrogen-bond acceptors (Lipinski definition) is 3. The molecule has 5 heteroatoms. The van der Waals surface area contributed by atoms with Crippen LogP contribution in [-0.4, -0.2) is 32.8 Å². The maximum atomic E-state index is 12.1. The van der Waals surface area contributed by atoms with E-state index in [1.54, 1.807) is 6.92 Å². The Morgan fingerprint density at radius 2 is 1.72 bits per heavy atom. The molecule has 0 rings (SSSR count). The zero-order valence-electron chi connectivity index (χ0n) is 12.5. The van der Waals surface area contributed by atoms with E-state index >= 15 is 0 Å². The van der Waals surface area contributed by atoms with Crippen molar-refractivity contribution in [2.75, 3.05) is 13.1 Å². The van der Waals surface area contributed by atoms with E-state index in [1.165, 1.54) is 0 Å². The van der Waals surface area contributed by atoms with Crippen molar-refractivity contribution in [3.8, 4) is 0 Å². The highest BCUT2D eigenvalue weighted by Crippen LogP contribution is 2.11. The molecule has 0 aromatic rings. The van der Waals surface area contributed by atoms with Gasteiger partial charge >= 0.3 is 0 Å². The van der Waals surface area contributed by atoms with Crippen LogP contribution in [0.15, 0.2) is 0 Å². The molecule has 0 saturated carbocycles. The maximum Gasteiger partial charge on any atom is 0.215 e. The molecule has 4 nitrogen and oxygen atoms in total. The molecule has 0 aromatic carbocycles. The summed E-state index contributed by atoms with van der Waals surface area (Å²) in [6.45, 7) is 11.4. The zero-order chi connectivity index (χ0) is 14.2. The summed E-state index contributed by atoms with van der Waals surface area (Å²) < 4.78 is 26.9. The molecule has 0 aliphatic heterocycles. The van der Waals surface area contributed by atoms with Crippen LogP contribution in [0.3, 0.4) is 0 Å². The minimum Gasteiger partial charge on any atom is -0.315 e. The lowest BCUT2D eigenvalue weighted by Crippen LogP contribution is -2.43. The SMILES string of the molecule is CCCNCC(C)S(=O)(=O)NC(C)CC(C)CC. The van der Waals surface area contributed by atoms with Crippen molar-refractivity contribution in [2.45, 2.75) is 65.2 Å². The molecule has 0 spiro atoms. The van der Waals surface area contributed by atoms with Gasteiger partial charge in [0, 0.05) is 12.6 Å². The fraction of sp³-hybridized carbons (Fsp3) is 1.00. The van der Waals surface area contributed by atoms with E-state index in [-0.39, 0.29) is 11.3 Å². The fourth-order valence-electron chi connectivity index (χ4n) is 1.81. The van der Waals surface area contributed by atoms with Crippen LogP contribution in [-0.2, 0) is 10.0 Å². The van der Waals surface area contributed by atoms with Gasteiger partial charge in [-0.15, -0.1) is 0 Å². The van der Waals surface area contributed by atoms with Crippen molar-refractivity contribution < 1.29 is 8.42 Å². The van der Waals surface area contributed by atoms with Gasteiger partial charge in [0.1, 0.15) is 0 Å². The van der Waals surface area contributed by atoms with Gasteiger partial charge in [-0.3, -0.25) is 0 Å². The summed E-state index contributed by atoms with van der Waals surface area (Å²) in [6.07, 6.45) is 3.00. The van der Waals surface area contributed by atoms with Crippen LogP contribution in [0.5, 0.6) is 0 Å². The van der Waals surface area contributed by atoms with Gasteiger partial charge in [0.25, 0.3) is 0 Å². The normalized spacial score (nSPS) is 17.4. The Hall–Kier alpha value is -0.130. The summed E-state index contributed by atoms with van der Waals surface area (Å²) in [5.74, 6) is 0.552. The highest BCUT2D eigenvalue weighted by atomic mass is 32.2. The smallest absolute Gasteiger partial charge is 0.215 e. The van der Waals surface area contributed by atoms with Gasteiger partial charge in [-0.05, 0) is 39.2 Å². The predicted molar refractivity (Wildman–Crippen MR) is 78.2 cm³/mol. The van der Waals surface area contributed by atoms with Crippen LogP contribution < -0.4 is 10.0 Å². The van der Waals surface area contributed by atoms with E-state index in [0.717, 1.165) is 25.8 Å². The average Bonchev–Trinajstić information content (AvgIpc) is 2.28. The molecule has 0 fully saturated rings. The van der Waals surface area contributed by atoms with Crippen molar-refractivity contribution in [3.63, 3.8) is 0 Å². The molecule has 0 aliphatic carbocycles. The third-order valence-electron chi connectivity index (χ3n) is 3.21. The molecule has 0 bridgehead atoms. The minimum absolute atomic E-state index is 0.0126. The van der Waals surface area contributed by atoms with Crippen LogP contribution in [0.25, 0.3) is 0 Å². The van der Waals surface area contributed by atoms with Crippen LogP contribution in [0, 0.1) is 5.92 Å². The molecular weight excluding hydrogens is 248 g/mol. The first-order valence-electron chi connectivity index (χ1n) is 7.05. The third-order valence-corrected chi connectivity index (χ3v) is 5.16. The minimum atomic E-state index is -3.21. The Morgan fingerprint density at radius 1 is 1.11 bits per heavy atom. The first kappa shape index (κ1) is 17.9. The highest BCUT2D eigenvalue weighted by molar-refractivity contribution is 7.90.